The summed E-state index contributed by atoms with van der Waals surface area (Å²) < 4.78 is 11.2. The van der Waals surface area contributed by atoms with Crippen LogP contribution in [-0.2, 0) is 14.3 Å². The summed E-state index contributed by atoms with van der Waals surface area (Å²) in [6.07, 6.45) is 3.69. The van der Waals surface area contributed by atoms with E-state index in [1.165, 1.54) is 11.0 Å². The van der Waals surface area contributed by atoms with Crippen LogP contribution in [0.1, 0.15) is 26.7 Å². The lowest BCUT2D eigenvalue weighted by Crippen LogP contribution is -2.40. The average Bonchev–Trinajstić information content (AvgIpc) is 2.77. The number of rotatable bonds is 6. The number of hydrogen-bond acceptors (Lipinski definition) is 4. The van der Waals surface area contributed by atoms with Crippen molar-refractivity contribution < 1.29 is 19.1 Å². The molecule has 2 atom stereocenters. The van der Waals surface area contributed by atoms with Gasteiger partial charge in [0, 0.05) is 24.0 Å². The number of benzene rings is 1. The lowest BCUT2D eigenvalue weighted by molar-refractivity contribution is -0.122. The first-order valence-electron chi connectivity index (χ1n) is 8.01. The molecule has 0 aromatic heterocycles. The van der Waals surface area contributed by atoms with Gasteiger partial charge in [0.2, 0.25) is 0 Å². The van der Waals surface area contributed by atoms with Crippen LogP contribution in [-0.4, -0.2) is 31.1 Å². The van der Waals surface area contributed by atoms with Gasteiger partial charge in [-0.15, -0.1) is 0 Å². The molecule has 0 spiro atoms. The van der Waals surface area contributed by atoms with Crippen molar-refractivity contribution in [2.24, 2.45) is 5.92 Å². The second-order valence-corrected chi connectivity index (χ2v) is 5.98. The molecule has 2 amide bonds. The van der Waals surface area contributed by atoms with Crippen molar-refractivity contribution in [3.63, 3.8) is 0 Å². The van der Waals surface area contributed by atoms with Gasteiger partial charge in [-0.2, -0.15) is 0 Å². The summed E-state index contributed by atoms with van der Waals surface area (Å²) in [4.78, 5) is 24.9. The van der Waals surface area contributed by atoms with Gasteiger partial charge in [-0.1, -0.05) is 6.92 Å². The molecule has 1 fully saturated rings. The molecule has 0 aliphatic carbocycles. The predicted molar refractivity (Wildman–Crippen MR) is 86.3 cm³/mol. The molecule has 2 aliphatic heterocycles. The zero-order valence-electron chi connectivity index (χ0n) is 13.5. The van der Waals surface area contributed by atoms with Crippen LogP contribution in [0.25, 0.3) is 0 Å². The van der Waals surface area contributed by atoms with Crippen LogP contribution in [0.5, 0.6) is 5.75 Å². The second-order valence-electron chi connectivity index (χ2n) is 5.98. The van der Waals surface area contributed by atoms with Crippen LogP contribution in [0.15, 0.2) is 35.9 Å². The Morgan fingerprint density at radius 1 is 1.26 bits per heavy atom. The summed E-state index contributed by atoms with van der Waals surface area (Å²) >= 11 is 0. The van der Waals surface area contributed by atoms with Gasteiger partial charge in [0.15, 0.2) is 0 Å². The van der Waals surface area contributed by atoms with Crippen LogP contribution in [0, 0.1) is 5.92 Å². The molecule has 0 bridgehead atoms. The molecule has 0 saturated carbocycles. The van der Waals surface area contributed by atoms with E-state index in [4.69, 9.17) is 9.47 Å². The van der Waals surface area contributed by atoms with Gasteiger partial charge in [-0.25, -0.2) is 4.90 Å². The maximum absolute atomic E-state index is 11.9. The summed E-state index contributed by atoms with van der Waals surface area (Å²) in [5, 5.41) is 0. The number of ether oxygens (including phenoxy) is 2. The van der Waals surface area contributed by atoms with E-state index in [1.807, 2.05) is 0 Å². The zero-order chi connectivity index (χ0) is 16.4. The molecule has 23 heavy (non-hydrogen) atoms. The molecular formula is C18H21NO4. The first-order chi connectivity index (χ1) is 11.1. The minimum absolute atomic E-state index is 0.267. The highest BCUT2D eigenvalue weighted by molar-refractivity contribution is 6.30. The van der Waals surface area contributed by atoms with Gasteiger partial charge in [0.1, 0.15) is 5.75 Å². The number of carbonyl (C=O) groups excluding carboxylic acids is 2. The summed E-state index contributed by atoms with van der Waals surface area (Å²) in [7, 11) is 0. The smallest absolute Gasteiger partial charge is 0.261 e. The van der Waals surface area contributed by atoms with Crippen molar-refractivity contribution in [1.29, 1.82) is 0 Å². The number of imide groups is 1. The Balaban J connectivity index is 1.54. The zero-order valence-corrected chi connectivity index (χ0v) is 13.5. The molecule has 0 radical (unpaired) electrons. The van der Waals surface area contributed by atoms with Gasteiger partial charge in [-0.05, 0) is 37.6 Å². The van der Waals surface area contributed by atoms with Gasteiger partial charge in [0.05, 0.1) is 25.0 Å². The van der Waals surface area contributed by atoms with Crippen molar-refractivity contribution in [1.82, 2.24) is 0 Å². The fourth-order valence-corrected chi connectivity index (χ4v) is 2.88. The highest BCUT2D eigenvalue weighted by Crippen LogP contribution is 2.27. The Morgan fingerprint density at radius 3 is 2.52 bits per heavy atom. The van der Waals surface area contributed by atoms with E-state index >= 15 is 0 Å². The quantitative estimate of drug-likeness (QED) is 0.757. The predicted octanol–water partition coefficient (Wildman–Crippen LogP) is 2.70. The van der Waals surface area contributed by atoms with E-state index in [-0.39, 0.29) is 11.8 Å². The van der Waals surface area contributed by atoms with Crippen molar-refractivity contribution in [2.45, 2.75) is 32.8 Å². The number of amides is 2. The van der Waals surface area contributed by atoms with Gasteiger partial charge in [-0.3, -0.25) is 9.59 Å². The molecule has 0 N–H and O–H groups in total. The molecule has 122 valence electrons. The second kappa shape index (κ2) is 6.54. The fraction of sp³-hybridized carbons (Fsp3) is 0.444. The lowest BCUT2D eigenvalue weighted by Gasteiger charge is -2.36. The van der Waals surface area contributed by atoms with E-state index in [1.54, 1.807) is 31.2 Å². The Morgan fingerprint density at radius 2 is 2.00 bits per heavy atom. The molecule has 1 aromatic carbocycles. The molecule has 2 heterocycles. The number of carbonyl (C=O) groups is 2. The lowest BCUT2D eigenvalue weighted by atomic mass is 9.93. The highest BCUT2D eigenvalue weighted by Gasteiger charge is 2.30. The summed E-state index contributed by atoms with van der Waals surface area (Å²) in [5.74, 6) is 0.819. The normalized spacial score (nSPS) is 23.7. The Hall–Kier alpha value is -2.14. The first kappa shape index (κ1) is 15.7. The molecule has 1 aromatic rings. The van der Waals surface area contributed by atoms with Crippen LogP contribution in [0.4, 0.5) is 5.69 Å². The van der Waals surface area contributed by atoms with Crippen molar-refractivity contribution in [3.8, 4) is 5.75 Å². The summed E-state index contributed by atoms with van der Waals surface area (Å²) in [5.41, 5.74) is 1.02. The van der Waals surface area contributed by atoms with Gasteiger partial charge in [0.25, 0.3) is 11.8 Å². The molecule has 2 aliphatic rings. The average molecular weight is 315 g/mol. The fourth-order valence-electron chi connectivity index (χ4n) is 2.88. The SMILES string of the molecule is CCC1COC1CCOc1ccc(N2C(=O)C=C(C)C2=O)cc1. The largest absolute Gasteiger partial charge is 0.493 e. The Labute approximate surface area is 135 Å². The molecule has 5 nitrogen and oxygen atoms in total. The topological polar surface area (TPSA) is 55.8 Å². The van der Waals surface area contributed by atoms with E-state index in [0.717, 1.165) is 25.2 Å². The van der Waals surface area contributed by atoms with E-state index in [0.29, 0.717) is 29.9 Å². The molecule has 1 saturated heterocycles. The number of anilines is 1. The standard InChI is InChI=1S/C18H21NO4/c1-3-13-11-23-16(13)8-9-22-15-6-4-14(5-7-15)19-17(20)10-12(2)18(19)21/h4-7,10,13,16H,3,8-9,11H2,1-2H3. The summed E-state index contributed by atoms with van der Waals surface area (Å²) in [6, 6.07) is 7.02. The van der Waals surface area contributed by atoms with Gasteiger partial charge >= 0.3 is 0 Å². The molecular weight excluding hydrogens is 294 g/mol. The van der Waals surface area contributed by atoms with E-state index in [9.17, 15) is 9.59 Å². The molecule has 5 heteroatoms. The maximum Gasteiger partial charge on any atom is 0.261 e. The van der Waals surface area contributed by atoms with E-state index in [2.05, 4.69) is 6.92 Å². The monoisotopic (exact) mass is 315 g/mol. The van der Waals surface area contributed by atoms with Crippen LogP contribution < -0.4 is 9.64 Å². The van der Waals surface area contributed by atoms with Crippen molar-refractivity contribution in [3.05, 3.63) is 35.9 Å². The minimum atomic E-state index is -0.297. The third-order valence-electron chi connectivity index (χ3n) is 4.44. The van der Waals surface area contributed by atoms with Crippen molar-refractivity contribution in [2.75, 3.05) is 18.1 Å². The Kier molecular flexibility index (Phi) is 4.48. The highest BCUT2D eigenvalue weighted by atomic mass is 16.5. The minimum Gasteiger partial charge on any atom is -0.493 e. The van der Waals surface area contributed by atoms with Crippen LogP contribution in [0.3, 0.4) is 0 Å². The van der Waals surface area contributed by atoms with E-state index < -0.39 is 0 Å². The number of nitrogens with zero attached hydrogens (tertiary/aromatic N) is 1. The third-order valence-corrected chi connectivity index (χ3v) is 4.44. The number of hydrogen-bond donors (Lipinski definition) is 0. The molecule has 3 rings (SSSR count). The Bertz CT molecular complexity index is 633. The third kappa shape index (κ3) is 3.15. The van der Waals surface area contributed by atoms with Gasteiger partial charge < -0.3 is 9.47 Å². The maximum atomic E-state index is 11.9. The van der Waals surface area contributed by atoms with Crippen LogP contribution in [0.2, 0.25) is 0 Å². The van der Waals surface area contributed by atoms with Crippen LogP contribution >= 0.6 is 0 Å². The summed E-state index contributed by atoms with van der Waals surface area (Å²) in [6.45, 7) is 5.28. The first-order valence-corrected chi connectivity index (χ1v) is 8.01. The molecule has 2 unspecified atom stereocenters. The van der Waals surface area contributed by atoms with Crippen molar-refractivity contribution >= 4 is 17.5 Å².